The molecule has 0 radical (unpaired) electrons. The molecule has 5 atom stereocenters. The molecule has 0 aromatic heterocycles. The fraction of sp³-hybridized carbons (Fsp3) is 1.00. The molecule has 2 heterocycles. The van der Waals surface area contributed by atoms with Crippen LogP contribution in [0.5, 0.6) is 0 Å². The Kier molecular flexibility index (Phi) is 6.29. The first kappa shape index (κ1) is 18.2. The Morgan fingerprint density at radius 1 is 1.18 bits per heavy atom. The van der Waals surface area contributed by atoms with Crippen molar-refractivity contribution in [1.82, 2.24) is 0 Å². The van der Waals surface area contributed by atoms with Crippen LogP contribution in [0.1, 0.15) is 60.3 Å². The van der Waals surface area contributed by atoms with Gasteiger partial charge in [-0.25, -0.2) is 0 Å². The van der Waals surface area contributed by atoms with Crippen LogP contribution in [0.3, 0.4) is 0 Å². The van der Waals surface area contributed by atoms with E-state index in [0.717, 1.165) is 31.8 Å². The van der Waals surface area contributed by atoms with Crippen LogP contribution in [0.2, 0.25) is 0 Å². The summed E-state index contributed by atoms with van der Waals surface area (Å²) in [6, 6.07) is 0. The Morgan fingerprint density at radius 3 is 2.36 bits per heavy atom. The van der Waals surface area contributed by atoms with Crippen molar-refractivity contribution in [2.75, 3.05) is 13.7 Å². The van der Waals surface area contributed by atoms with Gasteiger partial charge in [0.15, 0.2) is 0 Å². The standard InChI is InChI=1S/C18H34O4/c1-12(2)7-8-17-18(5,22-17)10-16(19-6)15(21-13(3)4)9-14-11-20-14/h12-17H,7-11H2,1-6H3/t14-,15+,16-,17?,18?/m0/s1. The molecular weight excluding hydrogens is 280 g/mol. The largest absolute Gasteiger partial charge is 0.379 e. The highest BCUT2D eigenvalue weighted by molar-refractivity contribution is 5.01. The summed E-state index contributed by atoms with van der Waals surface area (Å²) in [6.07, 6.45) is 5.28. The zero-order valence-corrected chi connectivity index (χ0v) is 15.1. The lowest BCUT2D eigenvalue weighted by Crippen LogP contribution is -2.37. The fourth-order valence-electron chi connectivity index (χ4n) is 3.19. The highest BCUT2D eigenvalue weighted by Gasteiger charge is 2.53. The Morgan fingerprint density at radius 2 is 1.86 bits per heavy atom. The second-order valence-electron chi connectivity index (χ2n) is 7.78. The predicted octanol–water partition coefficient (Wildman–Crippen LogP) is 3.57. The molecule has 2 saturated heterocycles. The normalized spacial score (nSPS) is 33.3. The molecule has 4 nitrogen and oxygen atoms in total. The first-order valence-electron chi connectivity index (χ1n) is 8.81. The Labute approximate surface area is 135 Å². The molecule has 0 N–H and O–H groups in total. The summed E-state index contributed by atoms with van der Waals surface area (Å²) in [5, 5.41) is 0. The number of hydrogen-bond donors (Lipinski definition) is 0. The van der Waals surface area contributed by atoms with Gasteiger partial charge in [-0.1, -0.05) is 13.8 Å². The van der Waals surface area contributed by atoms with Crippen molar-refractivity contribution in [1.29, 1.82) is 0 Å². The Hall–Kier alpha value is -0.160. The number of rotatable bonds is 11. The molecule has 2 aliphatic rings. The lowest BCUT2D eigenvalue weighted by atomic mass is 9.92. The molecule has 0 aliphatic carbocycles. The van der Waals surface area contributed by atoms with E-state index in [0.29, 0.717) is 12.2 Å². The van der Waals surface area contributed by atoms with Gasteiger partial charge in [-0.2, -0.15) is 0 Å². The van der Waals surface area contributed by atoms with Crippen LogP contribution < -0.4 is 0 Å². The molecule has 0 amide bonds. The Bertz CT molecular complexity index is 336. The van der Waals surface area contributed by atoms with Crippen LogP contribution in [0.15, 0.2) is 0 Å². The summed E-state index contributed by atoms with van der Waals surface area (Å²) in [5.74, 6) is 0.732. The third-order valence-electron chi connectivity index (χ3n) is 4.71. The molecule has 22 heavy (non-hydrogen) atoms. The average Bonchev–Trinajstić information content (AvgIpc) is 3.32. The summed E-state index contributed by atoms with van der Waals surface area (Å²) in [4.78, 5) is 0. The topological polar surface area (TPSA) is 43.5 Å². The predicted molar refractivity (Wildman–Crippen MR) is 87.1 cm³/mol. The third-order valence-corrected chi connectivity index (χ3v) is 4.71. The van der Waals surface area contributed by atoms with Gasteiger partial charge in [0.1, 0.15) is 0 Å². The quantitative estimate of drug-likeness (QED) is 0.547. The van der Waals surface area contributed by atoms with E-state index in [1.165, 1.54) is 6.42 Å². The van der Waals surface area contributed by atoms with Gasteiger partial charge in [0.05, 0.1) is 42.7 Å². The van der Waals surface area contributed by atoms with E-state index in [9.17, 15) is 0 Å². The average molecular weight is 314 g/mol. The molecule has 0 aromatic carbocycles. The highest BCUT2D eigenvalue weighted by atomic mass is 16.6. The van der Waals surface area contributed by atoms with Crippen LogP contribution in [-0.2, 0) is 18.9 Å². The molecule has 0 aromatic rings. The maximum Gasteiger partial charge on any atom is 0.0946 e. The second kappa shape index (κ2) is 7.61. The van der Waals surface area contributed by atoms with E-state index in [4.69, 9.17) is 18.9 Å². The maximum atomic E-state index is 6.10. The van der Waals surface area contributed by atoms with Crippen LogP contribution in [0, 0.1) is 5.92 Å². The maximum absolute atomic E-state index is 6.10. The molecular formula is C18H34O4. The molecule has 0 spiro atoms. The van der Waals surface area contributed by atoms with Crippen molar-refractivity contribution in [2.24, 2.45) is 5.92 Å². The fourth-order valence-corrected chi connectivity index (χ4v) is 3.19. The van der Waals surface area contributed by atoms with E-state index < -0.39 is 0 Å². The summed E-state index contributed by atoms with van der Waals surface area (Å²) in [6.45, 7) is 11.8. The number of methoxy groups -OCH3 is 1. The zero-order chi connectivity index (χ0) is 16.3. The van der Waals surface area contributed by atoms with Gasteiger partial charge in [-0.3, -0.25) is 0 Å². The minimum absolute atomic E-state index is 0.0431. The molecule has 0 saturated carbocycles. The zero-order valence-electron chi connectivity index (χ0n) is 15.1. The molecule has 0 bridgehead atoms. The van der Waals surface area contributed by atoms with E-state index in [1.807, 2.05) is 0 Å². The highest BCUT2D eigenvalue weighted by Crippen LogP contribution is 2.44. The van der Waals surface area contributed by atoms with Gasteiger partial charge in [0.25, 0.3) is 0 Å². The van der Waals surface area contributed by atoms with Crippen molar-refractivity contribution in [3.63, 3.8) is 0 Å². The van der Waals surface area contributed by atoms with E-state index in [-0.39, 0.29) is 23.9 Å². The number of hydrogen-bond acceptors (Lipinski definition) is 4. The van der Waals surface area contributed by atoms with Gasteiger partial charge < -0.3 is 18.9 Å². The first-order chi connectivity index (χ1) is 10.3. The molecule has 2 aliphatic heterocycles. The van der Waals surface area contributed by atoms with Crippen LogP contribution in [0.25, 0.3) is 0 Å². The summed E-state index contributed by atoms with van der Waals surface area (Å²) < 4.78 is 23.2. The van der Waals surface area contributed by atoms with Crippen molar-refractivity contribution in [2.45, 2.75) is 96.4 Å². The Balaban J connectivity index is 1.86. The van der Waals surface area contributed by atoms with E-state index >= 15 is 0 Å². The van der Waals surface area contributed by atoms with E-state index in [1.54, 1.807) is 7.11 Å². The SMILES string of the molecule is CO[C@@H](CC1(C)OC1CCC(C)C)[C@@H](C[C@H]1CO1)OC(C)C. The molecule has 130 valence electrons. The summed E-state index contributed by atoms with van der Waals surface area (Å²) in [5.41, 5.74) is -0.0431. The first-order valence-corrected chi connectivity index (χ1v) is 8.81. The van der Waals surface area contributed by atoms with Crippen molar-refractivity contribution < 1.29 is 18.9 Å². The van der Waals surface area contributed by atoms with Crippen LogP contribution in [0.4, 0.5) is 0 Å². The monoisotopic (exact) mass is 314 g/mol. The molecule has 2 rings (SSSR count). The molecule has 4 heteroatoms. The third kappa shape index (κ3) is 5.48. The summed E-state index contributed by atoms with van der Waals surface area (Å²) >= 11 is 0. The van der Waals surface area contributed by atoms with Crippen LogP contribution >= 0.6 is 0 Å². The van der Waals surface area contributed by atoms with Gasteiger partial charge in [0, 0.05) is 20.0 Å². The van der Waals surface area contributed by atoms with Gasteiger partial charge in [-0.15, -0.1) is 0 Å². The summed E-state index contributed by atoms with van der Waals surface area (Å²) in [7, 11) is 1.78. The second-order valence-corrected chi connectivity index (χ2v) is 7.78. The van der Waals surface area contributed by atoms with Gasteiger partial charge in [-0.05, 0) is 39.5 Å². The minimum atomic E-state index is -0.0431. The lowest BCUT2D eigenvalue weighted by Gasteiger charge is -2.29. The minimum Gasteiger partial charge on any atom is -0.379 e. The number of ether oxygens (including phenoxy) is 4. The van der Waals surface area contributed by atoms with Crippen molar-refractivity contribution in [3.05, 3.63) is 0 Å². The molecule has 2 fully saturated rings. The van der Waals surface area contributed by atoms with Gasteiger partial charge in [0.2, 0.25) is 0 Å². The van der Waals surface area contributed by atoms with Gasteiger partial charge >= 0.3 is 0 Å². The van der Waals surface area contributed by atoms with Crippen molar-refractivity contribution in [3.8, 4) is 0 Å². The van der Waals surface area contributed by atoms with Crippen molar-refractivity contribution >= 4 is 0 Å². The number of epoxide rings is 2. The molecule has 2 unspecified atom stereocenters. The smallest absolute Gasteiger partial charge is 0.0946 e. The van der Waals surface area contributed by atoms with Crippen LogP contribution in [-0.4, -0.2) is 49.8 Å². The van der Waals surface area contributed by atoms with E-state index in [2.05, 4.69) is 34.6 Å². The lowest BCUT2D eigenvalue weighted by molar-refractivity contribution is -0.0932.